The first-order chi connectivity index (χ1) is 18.8. The van der Waals surface area contributed by atoms with Crippen LogP contribution >= 0.6 is 11.6 Å². The van der Waals surface area contributed by atoms with Crippen molar-refractivity contribution in [1.82, 2.24) is 0 Å². The van der Waals surface area contributed by atoms with Gasteiger partial charge in [0.2, 0.25) is 0 Å². The lowest BCUT2D eigenvalue weighted by atomic mass is 9.86. The molecule has 14 heteroatoms. The number of benzene rings is 3. The third kappa shape index (κ3) is 6.40. The van der Waals surface area contributed by atoms with Gasteiger partial charge in [-0.05, 0) is 73.5 Å². The molecular weight excluding hydrogens is 600 g/mol. The SMILES string of the molecule is CC(C)(C[C@H]1CN(S(=O)(=O)c2cccc(C(F)(F)F)c2)c2cc(-c3cc(Cl)cc(C(F)(F)F)c3)ccc2O1)C(=O)O. The van der Waals surface area contributed by atoms with E-state index in [2.05, 4.69) is 0 Å². The maximum absolute atomic E-state index is 13.8. The monoisotopic (exact) mass is 621 g/mol. The molecule has 0 radical (unpaired) electrons. The van der Waals surface area contributed by atoms with Gasteiger partial charge in [-0.3, -0.25) is 9.10 Å². The molecule has 1 aliphatic rings. The van der Waals surface area contributed by atoms with Gasteiger partial charge in [0, 0.05) is 11.4 Å². The summed E-state index contributed by atoms with van der Waals surface area (Å²) in [4.78, 5) is 11.0. The van der Waals surface area contributed by atoms with Crippen LogP contribution in [0.15, 0.2) is 65.6 Å². The van der Waals surface area contributed by atoms with Crippen molar-refractivity contribution in [3.8, 4) is 16.9 Å². The van der Waals surface area contributed by atoms with Gasteiger partial charge in [0.05, 0.1) is 33.7 Å². The van der Waals surface area contributed by atoms with Crippen molar-refractivity contribution in [3.05, 3.63) is 76.8 Å². The molecule has 0 aromatic heterocycles. The minimum absolute atomic E-state index is 0.00169. The van der Waals surface area contributed by atoms with Crippen LogP contribution in [0.5, 0.6) is 5.75 Å². The molecule has 0 spiro atoms. The van der Waals surface area contributed by atoms with Crippen LogP contribution < -0.4 is 9.04 Å². The number of hydrogen-bond acceptors (Lipinski definition) is 4. The number of rotatable bonds is 6. The van der Waals surface area contributed by atoms with E-state index in [0.29, 0.717) is 12.1 Å². The van der Waals surface area contributed by atoms with Gasteiger partial charge in [-0.2, -0.15) is 26.3 Å². The van der Waals surface area contributed by atoms with E-state index in [-0.39, 0.29) is 34.0 Å². The lowest BCUT2D eigenvalue weighted by Gasteiger charge is -2.38. The molecule has 0 amide bonds. The molecule has 1 aliphatic heterocycles. The van der Waals surface area contributed by atoms with E-state index in [1.807, 2.05) is 0 Å². The first kappa shape index (κ1) is 30.5. The van der Waals surface area contributed by atoms with Gasteiger partial charge in [-0.25, -0.2) is 8.42 Å². The maximum Gasteiger partial charge on any atom is 0.416 e. The molecular formula is C27H22ClF6NO5S. The molecule has 0 saturated carbocycles. The summed E-state index contributed by atoms with van der Waals surface area (Å²) in [6.07, 6.45) is -10.7. The summed E-state index contributed by atoms with van der Waals surface area (Å²) in [6, 6.07) is 9.77. The molecule has 0 bridgehead atoms. The molecule has 3 aromatic carbocycles. The van der Waals surface area contributed by atoms with Crippen molar-refractivity contribution in [2.24, 2.45) is 5.41 Å². The fraction of sp³-hybridized carbons (Fsp3) is 0.296. The van der Waals surface area contributed by atoms with Crippen LogP contribution in [-0.4, -0.2) is 32.1 Å². The summed E-state index contributed by atoms with van der Waals surface area (Å²) in [5.74, 6) is -1.24. The van der Waals surface area contributed by atoms with Crippen molar-refractivity contribution in [2.75, 3.05) is 10.8 Å². The minimum atomic E-state index is -4.83. The van der Waals surface area contributed by atoms with Crippen LogP contribution in [-0.2, 0) is 27.2 Å². The van der Waals surface area contributed by atoms with Gasteiger partial charge in [0.25, 0.3) is 10.0 Å². The number of nitrogens with zero attached hydrogens (tertiary/aromatic N) is 1. The standard InChI is InChI=1S/C27H22ClF6NO5S/c1-25(2,24(36)37)13-20-14-35(41(38,39)21-5-3-4-17(12-21)26(29,30)31)22-10-15(6-7-23(22)40-20)16-8-18(27(32,33)34)11-19(28)9-16/h3-12,20H,13-14H2,1-2H3,(H,36,37)/t20-/m0/s1. The Morgan fingerprint density at radius 2 is 1.61 bits per heavy atom. The van der Waals surface area contributed by atoms with Gasteiger partial charge in [0.1, 0.15) is 11.9 Å². The van der Waals surface area contributed by atoms with Crippen LogP contribution in [0, 0.1) is 5.41 Å². The Balaban J connectivity index is 1.87. The second-order valence-electron chi connectivity index (χ2n) is 10.1. The maximum atomic E-state index is 13.8. The van der Waals surface area contributed by atoms with Gasteiger partial charge in [-0.1, -0.05) is 23.7 Å². The Bertz CT molecular complexity index is 1600. The topological polar surface area (TPSA) is 83.9 Å². The van der Waals surface area contributed by atoms with E-state index in [1.165, 1.54) is 38.1 Å². The normalized spacial score (nSPS) is 16.2. The Kier molecular flexibility index (Phi) is 7.76. The highest BCUT2D eigenvalue weighted by Crippen LogP contribution is 2.43. The number of aliphatic carboxylic acids is 1. The molecule has 1 atom stereocenters. The van der Waals surface area contributed by atoms with E-state index >= 15 is 0 Å². The highest BCUT2D eigenvalue weighted by molar-refractivity contribution is 7.92. The predicted octanol–water partition coefficient (Wildman–Crippen LogP) is 7.50. The Labute approximate surface area is 236 Å². The van der Waals surface area contributed by atoms with Gasteiger partial charge in [-0.15, -0.1) is 0 Å². The molecule has 3 aromatic rings. The summed E-state index contributed by atoms with van der Waals surface area (Å²) >= 11 is 5.92. The summed E-state index contributed by atoms with van der Waals surface area (Å²) in [6.45, 7) is 2.33. The molecule has 0 unspecified atom stereocenters. The Morgan fingerprint density at radius 3 is 2.22 bits per heavy atom. The highest BCUT2D eigenvalue weighted by Gasteiger charge is 2.40. The first-order valence-electron chi connectivity index (χ1n) is 11.9. The van der Waals surface area contributed by atoms with E-state index in [1.54, 1.807) is 0 Å². The summed E-state index contributed by atoms with van der Waals surface area (Å²) < 4.78 is 115. The van der Waals surface area contributed by atoms with Crippen molar-refractivity contribution >= 4 is 33.3 Å². The lowest BCUT2D eigenvalue weighted by molar-refractivity contribution is -0.148. The van der Waals surface area contributed by atoms with Crippen LogP contribution in [0.1, 0.15) is 31.4 Å². The number of halogens is 7. The van der Waals surface area contributed by atoms with Crippen molar-refractivity contribution in [2.45, 2.75) is 43.6 Å². The zero-order valence-corrected chi connectivity index (χ0v) is 22.9. The van der Waals surface area contributed by atoms with Crippen LogP contribution in [0.4, 0.5) is 32.0 Å². The van der Waals surface area contributed by atoms with E-state index in [9.17, 15) is 44.7 Å². The second-order valence-corrected chi connectivity index (χ2v) is 12.4. The van der Waals surface area contributed by atoms with Gasteiger partial charge >= 0.3 is 18.3 Å². The third-order valence-corrected chi connectivity index (χ3v) is 8.51. The highest BCUT2D eigenvalue weighted by atomic mass is 35.5. The van der Waals surface area contributed by atoms with Gasteiger partial charge < -0.3 is 9.84 Å². The molecule has 1 heterocycles. The van der Waals surface area contributed by atoms with E-state index < -0.39 is 62.4 Å². The first-order valence-corrected chi connectivity index (χ1v) is 13.7. The Morgan fingerprint density at radius 1 is 0.951 bits per heavy atom. The molecule has 0 fully saturated rings. The van der Waals surface area contributed by atoms with E-state index in [0.717, 1.165) is 28.6 Å². The molecule has 0 saturated heterocycles. The summed E-state index contributed by atoms with van der Waals surface area (Å²) in [5, 5.41) is 9.33. The lowest BCUT2D eigenvalue weighted by Crippen LogP contribution is -2.46. The smallest absolute Gasteiger partial charge is 0.416 e. The van der Waals surface area contributed by atoms with E-state index in [4.69, 9.17) is 16.3 Å². The number of hydrogen-bond donors (Lipinski definition) is 1. The number of carboxylic acids is 1. The van der Waals surface area contributed by atoms with Crippen molar-refractivity contribution < 1.29 is 49.4 Å². The summed E-state index contributed by atoms with van der Waals surface area (Å²) in [7, 11) is -4.71. The fourth-order valence-corrected chi connectivity index (χ4v) is 6.14. The average Bonchev–Trinajstić information content (AvgIpc) is 2.86. The number of ether oxygens (including phenoxy) is 1. The second kappa shape index (κ2) is 10.4. The third-order valence-electron chi connectivity index (χ3n) is 6.52. The number of alkyl halides is 6. The number of fused-ring (bicyclic) bond motifs is 1. The minimum Gasteiger partial charge on any atom is -0.486 e. The molecule has 0 aliphatic carbocycles. The van der Waals surface area contributed by atoms with Crippen LogP contribution in [0.25, 0.3) is 11.1 Å². The molecule has 4 rings (SSSR count). The number of sulfonamides is 1. The zero-order valence-electron chi connectivity index (χ0n) is 21.3. The van der Waals surface area contributed by atoms with Crippen LogP contribution in [0.2, 0.25) is 5.02 Å². The average molecular weight is 622 g/mol. The zero-order chi connectivity index (χ0) is 30.5. The summed E-state index contributed by atoms with van der Waals surface area (Å²) in [5.41, 5.74) is -3.64. The molecule has 220 valence electrons. The van der Waals surface area contributed by atoms with Crippen LogP contribution in [0.3, 0.4) is 0 Å². The van der Waals surface area contributed by atoms with Crippen molar-refractivity contribution in [1.29, 1.82) is 0 Å². The predicted molar refractivity (Wildman–Crippen MR) is 138 cm³/mol. The molecule has 1 N–H and O–H groups in total. The quantitative estimate of drug-likeness (QED) is 0.288. The largest absolute Gasteiger partial charge is 0.486 e. The molecule has 41 heavy (non-hydrogen) atoms. The molecule has 6 nitrogen and oxygen atoms in total. The van der Waals surface area contributed by atoms with Gasteiger partial charge in [0.15, 0.2) is 0 Å². The number of carboxylic acid groups (broad SMARTS) is 1. The number of anilines is 1. The van der Waals surface area contributed by atoms with Crippen molar-refractivity contribution in [3.63, 3.8) is 0 Å². The Hall–Kier alpha value is -3.45. The fourth-order valence-electron chi connectivity index (χ4n) is 4.36. The number of carbonyl (C=O) groups is 1.